The third-order valence-electron chi connectivity index (χ3n) is 2.81. The Balaban J connectivity index is 2.66. The van der Waals surface area contributed by atoms with Gasteiger partial charge < -0.3 is 20.7 Å². The van der Waals surface area contributed by atoms with Crippen LogP contribution in [0.4, 0.5) is 5.69 Å². The zero-order valence-electron chi connectivity index (χ0n) is 11.5. The number of amidine groups is 1. The average molecular weight is 264 g/mol. The number of benzene rings is 1. The van der Waals surface area contributed by atoms with Gasteiger partial charge in [0.15, 0.2) is 0 Å². The quantitative estimate of drug-likeness (QED) is 0.359. The number of nitrogens with zero attached hydrogens (tertiary/aromatic N) is 3. The summed E-state index contributed by atoms with van der Waals surface area (Å²) in [7, 11) is 5.58. The molecule has 0 saturated heterocycles. The number of amides is 1. The lowest BCUT2D eigenvalue weighted by Gasteiger charge is -2.18. The van der Waals surface area contributed by atoms with Gasteiger partial charge in [0.2, 0.25) is 0 Å². The van der Waals surface area contributed by atoms with Gasteiger partial charge in [-0.1, -0.05) is 5.16 Å². The van der Waals surface area contributed by atoms with E-state index >= 15 is 0 Å². The van der Waals surface area contributed by atoms with Crippen molar-refractivity contribution in [3.8, 4) is 0 Å². The van der Waals surface area contributed by atoms with E-state index in [4.69, 9.17) is 10.9 Å². The fourth-order valence-corrected chi connectivity index (χ4v) is 1.56. The summed E-state index contributed by atoms with van der Waals surface area (Å²) in [4.78, 5) is 15.6. The highest BCUT2D eigenvalue weighted by atomic mass is 16.4. The highest BCUT2D eigenvalue weighted by molar-refractivity contribution is 5.94. The molecule has 0 unspecified atom stereocenters. The van der Waals surface area contributed by atoms with Crippen LogP contribution in [0.15, 0.2) is 29.4 Å². The monoisotopic (exact) mass is 264 g/mol. The zero-order valence-corrected chi connectivity index (χ0v) is 11.5. The van der Waals surface area contributed by atoms with Crippen LogP contribution < -0.4 is 10.6 Å². The summed E-state index contributed by atoms with van der Waals surface area (Å²) in [6.45, 7) is 0.407. The normalized spacial score (nSPS) is 11.2. The number of carbonyl (C=O) groups excluding carboxylic acids is 1. The van der Waals surface area contributed by atoms with Crippen molar-refractivity contribution in [3.05, 3.63) is 29.8 Å². The molecule has 0 saturated carbocycles. The number of hydrogen-bond acceptors (Lipinski definition) is 4. The van der Waals surface area contributed by atoms with E-state index in [9.17, 15) is 4.79 Å². The Labute approximate surface area is 113 Å². The zero-order chi connectivity index (χ0) is 14.4. The Kier molecular flexibility index (Phi) is 5.17. The Morgan fingerprint density at radius 2 is 1.84 bits per heavy atom. The standard InChI is InChI=1S/C13H20N4O2/c1-16(2)11-6-4-10(5-7-11)13(18)17(3)9-8-12(14)15-19/h4-7,19H,8-9H2,1-3H3,(H2,14,15). The first-order chi connectivity index (χ1) is 8.95. The van der Waals surface area contributed by atoms with Gasteiger partial charge in [0.05, 0.1) is 0 Å². The minimum absolute atomic E-state index is 0.0870. The number of rotatable bonds is 5. The maximum Gasteiger partial charge on any atom is 0.253 e. The van der Waals surface area contributed by atoms with Crippen LogP contribution in [0.1, 0.15) is 16.8 Å². The summed E-state index contributed by atoms with van der Waals surface area (Å²) in [5, 5.41) is 11.3. The molecule has 0 aliphatic heterocycles. The number of anilines is 1. The van der Waals surface area contributed by atoms with Crippen LogP contribution in [-0.4, -0.2) is 49.5 Å². The first kappa shape index (κ1) is 14.8. The van der Waals surface area contributed by atoms with Gasteiger partial charge in [0.1, 0.15) is 5.84 Å². The number of hydrogen-bond donors (Lipinski definition) is 2. The summed E-state index contributed by atoms with van der Waals surface area (Å²) in [5.41, 5.74) is 7.03. The molecule has 19 heavy (non-hydrogen) atoms. The molecule has 1 aromatic carbocycles. The smallest absolute Gasteiger partial charge is 0.253 e. The van der Waals surface area contributed by atoms with Gasteiger partial charge in [-0.15, -0.1) is 0 Å². The first-order valence-electron chi connectivity index (χ1n) is 5.95. The van der Waals surface area contributed by atoms with Crippen LogP contribution in [-0.2, 0) is 0 Å². The summed E-state index contributed by atoms with van der Waals surface area (Å²) < 4.78 is 0. The van der Waals surface area contributed by atoms with Gasteiger partial charge in [-0.25, -0.2) is 0 Å². The van der Waals surface area contributed by atoms with E-state index in [2.05, 4.69) is 5.16 Å². The number of oxime groups is 1. The van der Waals surface area contributed by atoms with Gasteiger partial charge in [-0.3, -0.25) is 4.79 Å². The van der Waals surface area contributed by atoms with E-state index in [0.29, 0.717) is 18.5 Å². The Morgan fingerprint density at radius 1 is 1.26 bits per heavy atom. The highest BCUT2D eigenvalue weighted by Crippen LogP contribution is 2.13. The first-order valence-corrected chi connectivity index (χ1v) is 5.95. The fourth-order valence-electron chi connectivity index (χ4n) is 1.56. The predicted molar refractivity (Wildman–Crippen MR) is 75.8 cm³/mol. The molecule has 1 amide bonds. The molecule has 0 aliphatic rings. The molecule has 1 aromatic rings. The molecule has 0 heterocycles. The SMILES string of the molecule is CN(CC/C(N)=N/O)C(=O)c1ccc(N(C)C)cc1. The molecular formula is C13H20N4O2. The molecule has 3 N–H and O–H groups in total. The van der Waals surface area contributed by atoms with Crippen molar-refractivity contribution in [2.24, 2.45) is 10.9 Å². The van der Waals surface area contributed by atoms with E-state index in [1.165, 1.54) is 0 Å². The lowest BCUT2D eigenvalue weighted by molar-refractivity contribution is 0.0798. The van der Waals surface area contributed by atoms with Crippen molar-refractivity contribution in [2.45, 2.75) is 6.42 Å². The van der Waals surface area contributed by atoms with Gasteiger partial charge in [-0.05, 0) is 24.3 Å². The molecule has 6 nitrogen and oxygen atoms in total. The topological polar surface area (TPSA) is 82.2 Å². The largest absolute Gasteiger partial charge is 0.409 e. The minimum Gasteiger partial charge on any atom is -0.409 e. The van der Waals surface area contributed by atoms with Crippen molar-refractivity contribution in [1.82, 2.24) is 4.90 Å². The highest BCUT2D eigenvalue weighted by Gasteiger charge is 2.12. The Bertz CT molecular complexity index is 454. The van der Waals surface area contributed by atoms with Gasteiger partial charge in [0, 0.05) is 45.4 Å². The Hall–Kier alpha value is -2.24. The lowest BCUT2D eigenvalue weighted by Crippen LogP contribution is -2.30. The van der Waals surface area contributed by atoms with Gasteiger partial charge in [0.25, 0.3) is 5.91 Å². The third kappa shape index (κ3) is 4.17. The fraction of sp³-hybridized carbons (Fsp3) is 0.385. The molecule has 0 aromatic heterocycles. The number of nitrogens with two attached hydrogens (primary N) is 1. The van der Waals surface area contributed by atoms with E-state index in [-0.39, 0.29) is 11.7 Å². The molecule has 6 heteroatoms. The number of carbonyl (C=O) groups is 1. The summed E-state index contributed by atoms with van der Waals surface area (Å²) in [6, 6.07) is 7.37. The average Bonchev–Trinajstić information content (AvgIpc) is 2.43. The van der Waals surface area contributed by atoms with Crippen molar-refractivity contribution in [2.75, 3.05) is 32.6 Å². The van der Waals surface area contributed by atoms with E-state index in [1.807, 2.05) is 31.1 Å². The summed E-state index contributed by atoms with van der Waals surface area (Å²) >= 11 is 0. The molecule has 0 spiro atoms. The van der Waals surface area contributed by atoms with Crippen LogP contribution >= 0.6 is 0 Å². The molecule has 0 bridgehead atoms. The summed E-state index contributed by atoms with van der Waals surface area (Å²) in [6.07, 6.45) is 0.342. The van der Waals surface area contributed by atoms with Crippen LogP contribution in [0, 0.1) is 0 Å². The third-order valence-corrected chi connectivity index (χ3v) is 2.81. The van der Waals surface area contributed by atoms with E-state index in [0.717, 1.165) is 5.69 Å². The van der Waals surface area contributed by atoms with Crippen molar-refractivity contribution in [1.29, 1.82) is 0 Å². The maximum atomic E-state index is 12.1. The van der Waals surface area contributed by atoms with Crippen molar-refractivity contribution < 1.29 is 10.0 Å². The van der Waals surface area contributed by atoms with Crippen LogP contribution in [0.5, 0.6) is 0 Å². The van der Waals surface area contributed by atoms with Crippen molar-refractivity contribution in [3.63, 3.8) is 0 Å². The second-order valence-electron chi connectivity index (χ2n) is 4.51. The summed E-state index contributed by atoms with van der Waals surface area (Å²) in [5.74, 6) is 0.0265. The Morgan fingerprint density at radius 3 is 2.32 bits per heavy atom. The minimum atomic E-state index is -0.0870. The predicted octanol–water partition coefficient (Wildman–Crippen LogP) is 0.961. The molecule has 0 atom stereocenters. The van der Waals surface area contributed by atoms with Crippen LogP contribution in [0.3, 0.4) is 0 Å². The molecule has 0 fully saturated rings. The van der Waals surface area contributed by atoms with Crippen LogP contribution in [0.2, 0.25) is 0 Å². The molecule has 0 aliphatic carbocycles. The maximum absolute atomic E-state index is 12.1. The molecule has 104 valence electrons. The van der Waals surface area contributed by atoms with Crippen LogP contribution in [0.25, 0.3) is 0 Å². The molecule has 1 rings (SSSR count). The lowest BCUT2D eigenvalue weighted by atomic mass is 10.1. The van der Waals surface area contributed by atoms with Crippen molar-refractivity contribution >= 4 is 17.4 Å². The molecule has 0 radical (unpaired) electrons. The molecular weight excluding hydrogens is 244 g/mol. The second kappa shape index (κ2) is 6.63. The van der Waals surface area contributed by atoms with Gasteiger partial charge in [-0.2, -0.15) is 0 Å². The van der Waals surface area contributed by atoms with E-state index < -0.39 is 0 Å². The second-order valence-corrected chi connectivity index (χ2v) is 4.51. The van der Waals surface area contributed by atoms with Gasteiger partial charge >= 0.3 is 0 Å². The van der Waals surface area contributed by atoms with E-state index in [1.54, 1.807) is 24.1 Å².